The molecule has 0 atom stereocenters. The van der Waals surface area contributed by atoms with Crippen molar-refractivity contribution < 1.29 is 0 Å². The number of aromatic amines is 1. The second-order valence-corrected chi connectivity index (χ2v) is 4.41. The average Bonchev–Trinajstić information content (AvgIpc) is 2.65. The van der Waals surface area contributed by atoms with Crippen LogP contribution in [0.2, 0.25) is 0 Å². The number of imidazole rings is 1. The molecule has 0 saturated heterocycles. The predicted molar refractivity (Wildman–Crippen MR) is 71.4 cm³/mol. The molecule has 0 unspecified atom stereocenters. The zero-order valence-corrected chi connectivity index (χ0v) is 11.5. The Balaban J connectivity index is 2.70. The van der Waals surface area contributed by atoms with E-state index < -0.39 is 11.2 Å². The Labute approximate surface area is 111 Å². The molecule has 0 aromatic carbocycles. The number of nitrogens with zero attached hydrogens (tertiary/aromatic N) is 3. The van der Waals surface area contributed by atoms with Gasteiger partial charge in [-0.25, -0.2) is 9.78 Å². The van der Waals surface area contributed by atoms with Gasteiger partial charge in [0.2, 0.25) is 0 Å². The molecule has 2 rings (SSSR count). The van der Waals surface area contributed by atoms with Gasteiger partial charge in [0.1, 0.15) is 0 Å². The average molecular weight is 311 g/mol. The van der Waals surface area contributed by atoms with Crippen LogP contribution in [0.5, 0.6) is 0 Å². The number of aromatic nitrogens is 4. The molecular formula is C11H11BrN4O2. The monoisotopic (exact) mass is 310 g/mol. The molecule has 7 heteroatoms. The topological polar surface area (TPSA) is 72.7 Å². The Bertz CT molecular complexity index is 772. The van der Waals surface area contributed by atoms with E-state index in [4.69, 9.17) is 0 Å². The molecule has 6 nitrogen and oxygen atoms in total. The van der Waals surface area contributed by atoms with E-state index in [1.165, 1.54) is 4.57 Å². The van der Waals surface area contributed by atoms with E-state index in [9.17, 15) is 9.59 Å². The van der Waals surface area contributed by atoms with Gasteiger partial charge in [0.15, 0.2) is 15.9 Å². The number of H-pyrrole nitrogens is 1. The molecule has 2 heterocycles. The third-order valence-electron chi connectivity index (χ3n) is 2.60. The molecule has 0 amide bonds. The summed E-state index contributed by atoms with van der Waals surface area (Å²) in [5.41, 5.74) is -0.171. The summed E-state index contributed by atoms with van der Waals surface area (Å²) in [6.45, 7) is 2.30. The summed E-state index contributed by atoms with van der Waals surface area (Å²) >= 11 is 3.29. The molecule has 0 spiro atoms. The fourth-order valence-corrected chi connectivity index (χ4v) is 2.23. The van der Waals surface area contributed by atoms with Crippen molar-refractivity contribution in [1.29, 1.82) is 0 Å². The van der Waals surface area contributed by atoms with Crippen molar-refractivity contribution in [2.24, 2.45) is 7.05 Å². The third-order valence-corrected chi connectivity index (χ3v) is 3.20. The highest BCUT2D eigenvalue weighted by molar-refractivity contribution is 9.10. The van der Waals surface area contributed by atoms with Gasteiger partial charge in [0, 0.05) is 20.0 Å². The van der Waals surface area contributed by atoms with Crippen LogP contribution in [0.15, 0.2) is 14.3 Å². The van der Waals surface area contributed by atoms with Crippen LogP contribution in [0.4, 0.5) is 0 Å². The normalized spacial score (nSPS) is 10.4. The maximum absolute atomic E-state index is 11.8. The van der Waals surface area contributed by atoms with E-state index in [2.05, 4.69) is 37.7 Å². The molecule has 0 aliphatic heterocycles. The van der Waals surface area contributed by atoms with Gasteiger partial charge in [0.05, 0.1) is 0 Å². The van der Waals surface area contributed by atoms with Gasteiger partial charge in [-0.2, -0.15) is 0 Å². The molecule has 0 bridgehead atoms. The minimum Gasteiger partial charge on any atom is -0.312 e. The van der Waals surface area contributed by atoms with Gasteiger partial charge in [-0.3, -0.25) is 14.3 Å². The van der Waals surface area contributed by atoms with Gasteiger partial charge in [-0.05, 0) is 22.9 Å². The van der Waals surface area contributed by atoms with Gasteiger partial charge in [-0.1, -0.05) is 0 Å². The molecule has 0 saturated carbocycles. The number of hydrogen-bond acceptors (Lipinski definition) is 3. The Morgan fingerprint density at radius 2 is 2.17 bits per heavy atom. The Morgan fingerprint density at radius 3 is 2.83 bits per heavy atom. The minimum absolute atomic E-state index is 0.361. The quantitative estimate of drug-likeness (QED) is 0.652. The summed E-state index contributed by atoms with van der Waals surface area (Å²) < 4.78 is 3.53. The lowest BCUT2D eigenvalue weighted by Gasteiger charge is -2.02. The summed E-state index contributed by atoms with van der Waals surface area (Å²) in [6, 6.07) is 0. The van der Waals surface area contributed by atoms with Crippen molar-refractivity contribution in [3.8, 4) is 11.8 Å². The van der Waals surface area contributed by atoms with Crippen LogP contribution in [-0.4, -0.2) is 19.1 Å². The zero-order valence-electron chi connectivity index (χ0n) is 9.95. The molecule has 0 fully saturated rings. The standard InChI is InChI=1S/C11H11BrN4O2/c1-3-4-5-6-16-7-8(13-10(16)12)15(2)11(18)14-9(7)17/h5-6H2,1-2H3,(H,14,17,18). The van der Waals surface area contributed by atoms with E-state index in [0.717, 1.165) is 0 Å². The van der Waals surface area contributed by atoms with E-state index in [1.807, 2.05) is 0 Å². The predicted octanol–water partition coefficient (Wildman–Crippen LogP) is 0.599. The molecule has 94 valence electrons. The summed E-state index contributed by atoms with van der Waals surface area (Å²) in [4.78, 5) is 29.7. The van der Waals surface area contributed by atoms with Crippen LogP contribution in [0.1, 0.15) is 13.3 Å². The summed E-state index contributed by atoms with van der Waals surface area (Å²) in [5, 5.41) is 0. The van der Waals surface area contributed by atoms with Crippen molar-refractivity contribution in [3.05, 3.63) is 25.6 Å². The van der Waals surface area contributed by atoms with Crippen molar-refractivity contribution >= 4 is 27.1 Å². The number of hydrogen-bond donors (Lipinski definition) is 1. The number of fused-ring (bicyclic) bond motifs is 1. The highest BCUT2D eigenvalue weighted by atomic mass is 79.9. The first-order valence-corrected chi connectivity index (χ1v) is 6.10. The van der Waals surface area contributed by atoms with Crippen LogP contribution >= 0.6 is 15.9 Å². The second kappa shape index (κ2) is 4.82. The molecule has 1 N–H and O–H groups in total. The maximum atomic E-state index is 11.8. The van der Waals surface area contributed by atoms with Crippen molar-refractivity contribution in [3.63, 3.8) is 0 Å². The molecule has 0 aliphatic carbocycles. The Morgan fingerprint density at radius 1 is 1.44 bits per heavy atom. The third kappa shape index (κ3) is 1.99. The lowest BCUT2D eigenvalue weighted by molar-refractivity contribution is 0.718. The zero-order chi connectivity index (χ0) is 13.3. The number of halogens is 1. The first kappa shape index (κ1) is 12.6. The lowest BCUT2D eigenvalue weighted by atomic mass is 10.4. The van der Waals surface area contributed by atoms with Crippen LogP contribution in [0, 0.1) is 11.8 Å². The highest BCUT2D eigenvalue weighted by Gasteiger charge is 2.14. The van der Waals surface area contributed by atoms with E-state index in [-0.39, 0.29) is 0 Å². The van der Waals surface area contributed by atoms with Crippen molar-refractivity contribution in [1.82, 2.24) is 19.1 Å². The largest absolute Gasteiger partial charge is 0.329 e. The second-order valence-electron chi connectivity index (χ2n) is 3.70. The Hall–Kier alpha value is -1.81. The molecule has 0 radical (unpaired) electrons. The van der Waals surface area contributed by atoms with Crippen LogP contribution in [0.3, 0.4) is 0 Å². The van der Waals surface area contributed by atoms with Gasteiger partial charge >= 0.3 is 5.69 Å². The maximum Gasteiger partial charge on any atom is 0.329 e. The van der Waals surface area contributed by atoms with Crippen LogP contribution < -0.4 is 11.2 Å². The number of aryl methyl sites for hydroxylation is 2. The van der Waals surface area contributed by atoms with Gasteiger partial charge < -0.3 is 4.57 Å². The fraction of sp³-hybridized carbons (Fsp3) is 0.364. The van der Waals surface area contributed by atoms with Crippen LogP contribution in [-0.2, 0) is 13.6 Å². The Kier molecular flexibility index (Phi) is 3.39. The van der Waals surface area contributed by atoms with Crippen molar-refractivity contribution in [2.45, 2.75) is 19.9 Å². The lowest BCUT2D eigenvalue weighted by Crippen LogP contribution is -2.29. The molecule has 0 aliphatic rings. The molecule has 18 heavy (non-hydrogen) atoms. The van der Waals surface area contributed by atoms with E-state index in [0.29, 0.717) is 28.9 Å². The van der Waals surface area contributed by atoms with Gasteiger partial charge in [0.25, 0.3) is 5.56 Å². The number of rotatable bonds is 2. The smallest absolute Gasteiger partial charge is 0.312 e. The molecular weight excluding hydrogens is 300 g/mol. The highest BCUT2D eigenvalue weighted by Crippen LogP contribution is 2.16. The summed E-state index contributed by atoms with van der Waals surface area (Å²) in [5.74, 6) is 5.72. The first-order chi connectivity index (χ1) is 8.56. The minimum atomic E-state index is -0.474. The van der Waals surface area contributed by atoms with E-state index >= 15 is 0 Å². The summed E-state index contributed by atoms with van der Waals surface area (Å²) in [6.07, 6.45) is 0.614. The van der Waals surface area contributed by atoms with Gasteiger partial charge in [-0.15, -0.1) is 11.8 Å². The van der Waals surface area contributed by atoms with Crippen molar-refractivity contribution in [2.75, 3.05) is 0 Å². The number of nitrogens with one attached hydrogen (secondary N) is 1. The first-order valence-electron chi connectivity index (χ1n) is 5.31. The molecule has 2 aromatic rings. The molecule has 2 aromatic heterocycles. The van der Waals surface area contributed by atoms with E-state index in [1.54, 1.807) is 18.5 Å². The van der Waals surface area contributed by atoms with Crippen LogP contribution in [0.25, 0.3) is 11.2 Å². The SMILES string of the molecule is CC#CCCn1c(Br)nc2c1c(=O)[nH]c(=O)n2C. The fourth-order valence-electron chi connectivity index (χ4n) is 1.70. The summed E-state index contributed by atoms with van der Waals surface area (Å²) in [7, 11) is 1.57.